The highest BCUT2D eigenvalue weighted by Crippen LogP contribution is 2.30. The molecular formula is C17H24ClN5O3. The third-order valence-corrected chi connectivity index (χ3v) is 4.22. The molecule has 2 aromatic rings. The van der Waals surface area contributed by atoms with Gasteiger partial charge < -0.3 is 19.5 Å². The number of nitrogens with one attached hydrogen (secondary N) is 1. The summed E-state index contributed by atoms with van der Waals surface area (Å²) in [6.45, 7) is 2.63. The number of carbonyl (C=O) groups excluding carboxylic acids is 1. The van der Waals surface area contributed by atoms with E-state index in [0.29, 0.717) is 23.0 Å². The molecule has 1 saturated heterocycles. The predicted molar refractivity (Wildman–Crippen MR) is 99.4 cm³/mol. The van der Waals surface area contributed by atoms with Crippen LogP contribution in [0.15, 0.2) is 28.8 Å². The van der Waals surface area contributed by atoms with Crippen LogP contribution in [-0.2, 0) is 4.79 Å². The largest absolute Gasteiger partial charge is 0.483 e. The van der Waals surface area contributed by atoms with E-state index in [2.05, 4.69) is 20.4 Å². The van der Waals surface area contributed by atoms with E-state index in [1.807, 2.05) is 25.2 Å². The van der Waals surface area contributed by atoms with Crippen LogP contribution in [0.5, 0.6) is 5.75 Å². The summed E-state index contributed by atoms with van der Waals surface area (Å²) >= 11 is 0. The van der Waals surface area contributed by atoms with E-state index in [1.165, 1.54) is 4.90 Å². The number of hydrogen-bond donors (Lipinski definition) is 1. The molecule has 1 N–H and O–H groups in total. The second kappa shape index (κ2) is 8.98. The number of carbonyl (C=O) groups is 1. The molecule has 1 atom stereocenters. The molecule has 1 aliphatic heterocycles. The molecule has 1 amide bonds. The summed E-state index contributed by atoms with van der Waals surface area (Å²) < 4.78 is 11.1. The zero-order valence-electron chi connectivity index (χ0n) is 15.1. The van der Waals surface area contributed by atoms with Crippen LogP contribution < -0.4 is 10.1 Å². The van der Waals surface area contributed by atoms with E-state index < -0.39 is 0 Å². The highest BCUT2D eigenvalue weighted by Gasteiger charge is 2.26. The highest BCUT2D eigenvalue weighted by atomic mass is 35.5. The Labute approximate surface area is 158 Å². The van der Waals surface area contributed by atoms with Gasteiger partial charge in [-0.05, 0) is 19.2 Å². The van der Waals surface area contributed by atoms with Gasteiger partial charge in [-0.15, -0.1) is 12.4 Å². The van der Waals surface area contributed by atoms with Gasteiger partial charge in [-0.25, -0.2) is 0 Å². The Morgan fingerprint density at radius 1 is 1.42 bits per heavy atom. The van der Waals surface area contributed by atoms with Crippen molar-refractivity contribution in [3.05, 3.63) is 30.1 Å². The summed E-state index contributed by atoms with van der Waals surface area (Å²) in [5.74, 6) is 1.46. The summed E-state index contributed by atoms with van der Waals surface area (Å²) in [6, 6.07) is 7.42. The van der Waals surface area contributed by atoms with Crippen LogP contribution in [0.25, 0.3) is 11.5 Å². The Morgan fingerprint density at radius 3 is 2.92 bits per heavy atom. The number of nitrogens with zero attached hydrogens (tertiary/aromatic N) is 4. The van der Waals surface area contributed by atoms with Crippen LogP contribution in [0.4, 0.5) is 0 Å². The summed E-state index contributed by atoms with van der Waals surface area (Å²) in [5, 5.41) is 7.47. The van der Waals surface area contributed by atoms with E-state index in [9.17, 15) is 4.79 Å². The van der Waals surface area contributed by atoms with Crippen molar-refractivity contribution in [2.45, 2.75) is 6.04 Å². The minimum absolute atomic E-state index is 0. The fraction of sp³-hybridized carbons (Fsp3) is 0.471. The maximum Gasteiger partial charge on any atom is 0.261 e. The number of ether oxygens (including phenoxy) is 1. The van der Waals surface area contributed by atoms with Gasteiger partial charge in [0, 0.05) is 33.7 Å². The van der Waals surface area contributed by atoms with Crippen molar-refractivity contribution in [1.29, 1.82) is 0 Å². The Kier molecular flexibility index (Phi) is 6.96. The number of amides is 1. The number of para-hydroxylation sites is 1. The second-order valence-corrected chi connectivity index (χ2v) is 6.23. The maximum atomic E-state index is 11.7. The molecule has 1 aliphatic rings. The first kappa shape index (κ1) is 20.2. The molecule has 9 heteroatoms. The molecule has 1 aromatic heterocycles. The van der Waals surface area contributed by atoms with Gasteiger partial charge in [0.05, 0.1) is 11.6 Å². The van der Waals surface area contributed by atoms with Crippen molar-refractivity contribution in [3.8, 4) is 17.2 Å². The summed E-state index contributed by atoms with van der Waals surface area (Å²) in [4.78, 5) is 20.0. The predicted octanol–water partition coefficient (Wildman–Crippen LogP) is 1.20. The van der Waals surface area contributed by atoms with Gasteiger partial charge in [-0.3, -0.25) is 9.69 Å². The van der Waals surface area contributed by atoms with Gasteiger partial charge in [0.2, 0.25) is 0 Å². The zero-order valence-corrected chi connectivity index (χ0v) is 16.0. The fourth-order valence-electron chi connectivity index (χ4n) is 2.61. The average Bonchev–Trinajstić information content (AvgIpc) is 3.10. The first-order valence-corrected chi connectivity index (χ1v) is 8.23. The van der Waals surface area contributed by atoms with Crippen LogP contribution in [0.3, 0.4) is 0 Å². The van der Waals surface area contributed by atoms with Gasteiger partial charge in [-0.1, -0.05) is 17.3 Å². The molecule has 0 spiro atoms. The number of rotatable bonds is 5. The number of likely N-dealkylation sites (N-methyl/N-ethyl adjacent to an activating group) is 2. The fourth-order valence-corrected chi connectivity index (χ4v) is 2.61. The smallest absolute Gasteiger partial charge is 0.261 e. The minimum atomic E-state index is -0.115. The van der Waals surface area contributed by atoms with E-state index in [1.54, 1.807) is 20.2 Å². The van der Waals surface area contributed by atoms with E-state index in [0.717, 1.165) is 19.6 Å². The van der Waals surface area contributed by atoms with E-state index >= 15 is 0 Å². The maximum absolute atomic E-state index is 11.7. The molecule has 3 rings (SSSR count). The Bertz CT molecular complexity index is 737. The molecule has 0 radical (unpaired) electrons. The number of halogens is 1. The monoisotopic (exact) mass is 381 g/mol. The van der Waals surface area contributed by atoms with Crippen molar-refractivity contribution in [3.63, 3.8) is 0 Å². The summed E-state index contributed by atoms with van der Waals surface area (Å²) in [7, 11) is 5.43. The lowest BCUT2D eigenvalue weighted by atomic mass is 10.2. The quantitative estimate of drug-likeness (QED) is 0.833. The SMILES string of the molecule is CN(C)C(=O)COc1ccccc1-c1nc(C2CNCCN2C)no1.Cl. The number of aromatic nitrogens is 2. The van der Waals surface area contributed by atoms with Crippen molar-refractivity contribution in [2.75, 3.05) is 47.4 Å². The van der Waals surface area contributed by atoms with Gasteiger partial charge >= 0.3 is 0 Å². The third kappa shape index (κ3) is 4.51. The second-order valence-electron chi connectivity index (χ2n) is 6.23. The molecule has 0 saturated carbocycles. The normalized spacial score (nSPS) is 17.4. The summed E-state index contributed by atoms with van der Waals surface area (Å²) in [5.41, 5.74) is 0.680. The first-order valence-electron chi connectivity index (χ1n) is 8.23. The van der Waals surface area contributed by atoms with Crippen molar-refractivity contribution in [2.24, 2.45) is 0 Å². The number of piperazine rings is 1. The molecule has 26 heavy (non-hydrogen) atoms. The zero-order chi connectivity index (χ0) is 17.8. The molecule has 0 aliphatic carbocycles. The molecule has 1 unspecified atom stereocenters. The van der Waals surface area contributed by atoms with Gasteiger partial charge in [0.25, 0.3) is 11.8 Å². The van der Waals surface area contributed by atoms with Gasteiger partial charge in [0.1, 0.15) is 5.75 Å². The number of hydrogen-bond acceptors (Lipinski definition) is 7. The lowest BCUT2D eigenvalue weighted by molar-refractivity contribution is -0.130. The Morgan fingerprint density at radius 2 is 2.19 bits per heavy atom. The average molecular weight is 382 g/mol. The van der Waals surface area contributed by atoms with Crippen molar-refractivity contribution < 1.29 is 14.1 Å². The molecule has 1 fully saturated rings. The van der Waals surface area contributed by atoms with Crippen molar-refractivity contribution in [1.82, 2.24) is 25.3 Å². The molecule has 2 heterocycles. The first-order chi connectivity index (χ1) is 12.1. The lowest BCUT2D eigenvalue weighted by Gasteiger charge is -2.30. The van der Waals surface area contributed by atoms with Gasteiger partial charge in [0.15, 0.2) is 12.4 Å². The van der Waals surface area contributed by atoms with Crippen LogP contribution in [0.2, 0.25) is 0 Å². The number of benzene rings is 1. The van der Waals surface area contributed by atoms with Gasteiger partial charge in [-0.2, -0.15) is 4.98 Å². The Balaban J connectivity index is 0.00000243. The standard InChI is InChI=1S/C17H23N5O3.ClH/c1-21(2)15(23)11-24-14-7-5-4-6-12(14)17-19-16(20-25-17)13-10-18-8-9-22(13)3;/h4-7,13,18H,8-11H2,1-3H3;1H. The third-order valence-electron chi connectivity index (χ3n) is 4.22. The van der Waals surface area contributed by atoms with Crippen LogP contribution in [-0.4, -0.2) is 73.2 Å². The molecule has 0 bridgehead atoms. The van der Waals surface area contributed by atoms with Crippen LogP contribution >= 0.6 is 12.4 Å². The molecule has 8 nitrogen and oxygen atoms in total. The molecule has 142 valence electrons. The summed E-state index contributed by atoms with van der Waals surface area (Å²) in [6.07, 6.45) is 0. The molecule has 1 aromatic carbocycles. The van der Waals surface area contributed by atoms with Crippen LogP contribution in [0, 0.1) is 0 Å². The highest BCUT2D eigenvalue weighted by molar-refractivity contribution is 5.85. The topological polar surface area (TPSA) is 83.7 Å². The van der Waals surface area contributed by atoms with Crippen LogP contribution in [0.1, 0.15) is 11.9 Å². The van der Waals surface area contributed by atoms with E-state index in [-0.39, 0.29) is 31.0 Å². The van der Waals surface area contributed by atoms with Crippen molar-refractivity contribution >= 4 is 18.3 Å². The minimum Gasteiger partial charge on any atom is -0.483 e. The van der Waals surface area contributed by atoms with E-state index in [4.69, 9.17) is 9.26 Å². The Hall–Kier alpha value is -2.16. The lowest BCUT2D eigenvalue weighted by Crippen LogP contribution is -2.44. The molecular weight excluding hydrogens is 358 g/mol.